The fourth-order valence-electron chi connectivity index (χ4n) is 2.46. The molecule has 0 aliphatic carbocycles. The number of carbonyl (C=O) groups is 1. The lowest BCUT2D eigenvalue weighted by Gasteiger charge is -2.28. The summed E-state index contributed by atoms with van der Waals surface area (Å²) in [4.78, 5) is 15.6. The molecule has 1 unspecified atom stereocenters. The van der Waals surface area contributed by atoms with Crippen LogP contribution in [0.25, 0.3) is 0 Å². The Labute approximate surface area is 112 Å². The summed E-state index contributed by atoms with van der Waals surface area (Å²) in [7, 11) is 3.43. The molecule has 1 aromatic rings. The number of nitrogens with zero attached hydrogens (tertiary/aromatic N) is 3. The molecule has 100 valence electrons. The first kappa shape index (κ1) is 13.3. The Morgan fingerprint density at radius 3 is 2.89 bits per heavy atom. The van der Waals surface area contributed by atoms with Crippen molar-refractivity contribution in [1.29, 1.82) is 5.26 Å². The Hall–Kier alpha value is -2.09. The van der Waals surface area contributed by atoms with Gasteiger partial charge in [0.1, 0.15) is 17.9 Å². The Morgan fingerprint density at radius 2 is 2.26 bits per heavy atom. The number of carbonyl (C=O) groups excluding carboxylic acids is 1. The average Bonchev–Trinajstić information content (AvgIpc) is 2.86. The molecular weight excluding hydrogens is 245 g/mol. The van der Waals surface area contributed by atoms with Crippen LogP contribution in [0.3, 0.4) is 0 Å². The van der Waals surface area contributed by atoms with Crippen molar-refractivity contribution in [1.82, 2.24) is 4.90 Å². The van der Waals surface area contributed by atoms with Crippen LogP contribution in [0.2, 0.25) is 0 Å². The summed E-state index contributed by atoms with van der Waals surface area (Å²) in [6.45, 7) is 0.713. The molecule has 2 rings (SSSR count). The van der Waals surface area contributed by atoms with E-state index >= 15 is 0 Å². The van der Waals surface area contributed by atoms with E-state index in [1.807, 2.05) is 11.0 Å². The van der Waals surface area contributed by atoms with Crippen molar-refractivity contribution in [2.45, 2.75) is 18.9 Å². The van der Waals surface area contributed by atoms with Gasteiger partial charge in [-0.1, -0.05) is 0 Å². The molecule has 1 fully saturated rings. The van der Waals surface area contributed by atoms with Crippen molar-refractivity contribution < 1.29 is 9.18 Å². The molecule has 5 heteroatoms. The van der Waals surface area contributed by atoms with Gasteiger partial charge in [0, 0.05) is 20.6 Å². The van der Waals surface area contributed by atoms with Crippen molar-refractivity contribution in [3.8, 4) is 6.07 Å². The van der Waals surface area contributed by atoms with Crippen molar-refractivity contribution in [2.24, 2.45) is 0 Å². The highest BCUT2D eigenvalue weighted by Gasteiger charge is 2.33. The minimum Gasteiger partial charge on any atom is -0.358 e. The maximum Gasteiger partial charge on any atom is 0.244 e. The summed E-state index contributed by atoms with van der Waals surface area (Å²) < 4.78 is 13.2. The second-order valence-corrected chi connectivity index (χ2v) is 4.86. The molecule has 0 radical (unpaired) electrons. The fourth-order valence-corrected chi connectivity index (χ4v) is 2.46. The van der Waals surface area contributed by atoms with E-state index in [9.17, 15) is 9.18 Å². The maximum absolute atomic E-state index is 13.2. The number of benzene rings is 1. The minimum atomic E-state index is -0.435. The van der Waals surface area contributed by atoms with Gasteiger partial charge in [-0.05, 0) is 31.0 Å². The lowest BCUT2D eigenvalue weighted by atomic mass is 10.1. The summed E-state index contributed by atoms with van der Waals surface area (Å²) in [6.07, 6.45) is 1.66. The summed E-state index contributed by atoms with van der Waals surface area (Å²) in [5.74, 6) is -0.416. The monoisotopic (exact) mass is 261 g/mol. The molecule has 4 nitrogen and oxygen atoms in total. The second kappa shape index (κ2) is 5.27. The molecule has 0 spiro atoms. The van der Waals surface area contributed by atoms with Gasteiger partial charge >= 0.3 is 0 Å². The SMILES string of the molecule is CN(C)C(=O)C1CCCN1c1ccc(F)cc1C#N. The number of hydrogen-bond acceptors (Lipinski definition) is 3. The Kier molecular flexibility index (Phi) is 3.70. The van der Waals surface area contributed by atoms with Gasteiger partial charge in [-0.3, -0.25) is 4.79 Å². The first-order valence-corrected chi connectivity index (χ1v) is 6.22. The van der Waals surface area contributed by atoms with Gasteiger partial charge in [-0.25, -0.2) is 4.39 Å². The van der Waals surface area contributed by atoms with Gasteiger partial charge in [0.2, 0.25) is 5.91 Å². The summed E-state index contributed by atoms with van der Waals surface area (Å²) in [6, 6.07) is 5.86. The highest BCUT2D eigenvalue weighted by Crippen LogP contribution is 2.29. The molecular formula is C14H16FN3O. The average molecular weight is 261 g/mol. The number of halogens is 1. The highest BCUT2D eigenvalue weighted by atomic mass is 19.1. The number of likely N-dealkylation sites (N-methyl/N-ethyl adjacent to an activating group) is 1. The van der Waals surface area contributed by atoms with Crippen LogP contribution in [0.15, 0.2) is 18.2 Å². The quantitative estimate of drug-likeness (QED) is 0.815. The van der Waals surface area contributed by atoms with Crippen LogP contribution < -0.4 is 4.90 Å². The lowest BCUT2D eigenvalue weighted by molar-refractivity contribution is -0.129. The number of amides is 1. The van der Waals surface area contributed by atoms with Crippen LogP contribution in [-0.2, 0) is 4.79 Å². The first-order chi connectivity index (χ1) is 9.04. The Bertz CT molecular complexity index is 536. The number of hydrogen-bond donors (Lipinski definition) is 0. The van der Waals surface area contributed by atoms with Crippen molar-refractivity contribution in [3.05, 3.63) is 29.6 Å². The van der Waals surface area contributed by atoms with Crippen molar-refractivity contribution in [3.63, 3.8) is 0 Å². The normalized spacial score (nSPS) is 18.2. The summed E-state index contributed by atoms with van der Waals surface area (Å²) >= 11 is 0. The van der Waals surface area contributed by atoms with Crippen LogP contribution in [0.5, 0.6) is 0 Å². The van der Waals surface area contributed by atoms with Gasteiger partial charge in [-0.2, -0.15) is 5.26 Å². The van der Waals surface area contributed by atoms with Crippen LogP contribution in [-0.4, -0.2) is 37.5 Å². The van der Waals surface area contributed by atoms with Crippen LogP contribution in [0, 0.1) is 17.1 Å². The van der Waals surface area contributed by atoms with Gasteiger partial charge < -0.3 is 9.80 Å². The molecule has 0 N–H and O–H groups in total. The zero-order chi connectivity index (χ0) is 14.0. The molecule has 1 aliphatic rings. The third-order valence-corrected chi connectivity index (χ3v) is 3.37. The lowest BCUT2D eigenvalue weighted by Crippen LogP contribution is -2.43. The molecule has 0 saturated carbocycles. The third kappa shape index (κ3) is 2.53. The molecule has 1 heterocycles. The van der Waals surface area contributed by atoms with Gasteiger partial charge in [-0.15, -0.1) is 0 Å². The van der Waals surface area contributed by atoms with E-state index in [-0.39, 0.29) is 17.5 Å². The van der Waals surface area contributed by atoms with Crippen molar-refractivity contribution in [2.75, 3.05) is 25.5 Å². The molecule has 0 aromatic heterocycles. The molecule has 1 atom stereocenters. The predicted molar refractivity (Wildman–Crippen MR) is 70.2 cm³/mol. The summed E-state index contributed by atoms with van der Waals surface area (Å²) in [5.41, 5.74) is 0.917. The largest absolute Gasteiger partial charge is 0.358 e. The van der Waals surface area contributed by atoms with E-state index in [1.165, 1.54) is 12.1 Å². The van der Waals surface area contributed by atoms with E-state index in [0.717, 1.165) is 12.8 Å². The second-order valence-electron chi connectivity index (χ2n) is 4.86. The van der Waals surface area contributed by atoms with Crippen LogP contribution in [0.4, 0.5) is 10.1 Å². The Balaban J connectivity index is 2.36. The van der Waals surface area contributed by atoms with Crippen LogP contribution in [0.1, 0.15) is 18.4 Å². The smallest absolute Gasteiger partial charge is 0.244 e. The highest BCUT2D eigenvalue weighted by molar-refractivity contribution is 5.86. The number of nitriles is 1. The fraction of sp³-hybridized carbons (Fsp3) is 0.429. The number of anilines is 1. The predicted octanol–water partition coefficient (Wildman–Crippen LogP) is 1.75. The van der Waals surface area contributed by atoms with Gasteiger partial charge in [0.25, 0.3) is 0 Å². The van der Waals surface area contributed by atoms with E-state index in [1.54, 1.807) is 25.1 Å². The maximum atomic E-state index is 13.2. The topological polar surface area (TPSA) is 47.3 Å². The Morgan fingerprint density at radius 1 is 1.53 bits per heavy atom. The minimum absolute atomic E-state index is 0.0192. The zero-order valence-electron chi connectivity index (χ0n) is 11.1. The first-order valence-electron chi connectivity index (χ1n) is 6.22. The van der Waals surface area contributed by atoms with Crippen molar-refractivity contribution >= 4 is 11.6 Å². The zero-order valence-corrected chi connectivity index (χ0v) is 11.1. The molecule has 1 amide bonds. The van der Waals surface area contributed by atoms with E-state index < -0.39 is 5.82 Å². The summed E-state index contributed by atoms with van der Waals surface area (Å²) in [5, 5.41) is 9.10. The number of rotatable bonds is 2. The van der Waals surface area contributed by atoms with E-state index in [2.05, 4.69) is 0 Å². The standard InChI is InChI=1S/C14H16FN3O/c1-17(2)14(19)13-4-3-7-18(13)12-6-5-11(15)8-10(12)9-16/h5-6,8,13H,3-4,7H2,1-2H3. The molecule has 0 bridgehead atoms. The molecule has 1 aromatic carbocycles. The molecule has 19 heavy (non-hydrogen) atoms. The van der Waals surface area contributed by atoms with Gasteiger partial charge in [0.05, 0.1) is 11.3 Å². The van der Waals surface area contributed by atoms with Gasteiger partial charge in [0.15, 0.2) is 0 Å². The van der Waals surface area contributed by atoms with Crippen LogP contribution >= 0.6 is 0 Å². The molecule has 1 saturated heterocycles. The van der Waals surface area contributed by atoms with E-state index in [0.29, 0.717) is 12.2 Å². The van der Waals surface area contributed by atoms with E-state index in [4.69, 9.17) is 5.26 Å². The third-order valence-electron chi connectivity index (χ3n) is 3.37. The molecule has 1 aliphatic heterocycles.